The number of anilines is 1. The topological polar surface area (TPSA) is 87.7 Å². The molecule has 0 spiro atoms. The van der Waals surface area contributed by atoms with Crippen molar-refractivity contribution in [3.05, 3.63) is 63.5 Å². The Morgan fingerprint density at radius 1 is 1.03 bits per heavy atom. The molecule has 3 rings (SSSR count). The Labute approximate surface area is 221 Å². The number of carbonyl (C=O) groups excluding carboxylic acids is 1. The highest BCUT2D eigenvalue weighted by Gasteiger charge is 2.21. The Morgan fingerprint density at radius 3 is 2.35 bits per heavy atom. The van der Waals surface area contributed by atoms with Crippen molar-refractivity contribution in [1.82, 2.24) is 9.62 Å². The van der Waals surface area contributed by atoms with Gasteiger partial charge in [-0.25, -0.2) is 8.42 Å². The van der Waals surface area contributed by atoms with Crippen LogP contribution in [-0.2, 0) is 14.8 Å². The number of benzene rings is 3. The molecule has 0 aromatic heterocycles. The van der Waals surface area contributed by atoms with Gasteiger partial charge in [-0.15, -0.1) is 0 Å². The van der Waals surface area contributed by atoms with E-state index < -0.39 is 15.9 Å². The fourth-order valence-electron chi connectivity index (χ4n) is 3.25. The third-order valence-corrected chi connectivity index (χ3v) is 8.53. The van der Waals surface area contributed by atoms with Gasteiger partial charge in [0.1, 0.15) is 5.75 Å². The summed E-state index contributed by atoms with van der Waals surface area (Å²) in [7, 11) is -3.54. The predicted octanol–water partition coefficient (Wildman–Crippen LogP) is 5.29. The normalized spacial score (nSPS) is 11.4. The lowest BCUT2D eigenvalue weighted by Gasteiger charge is -2.18. The molecule has 0 heterocycles. The second-order valence-corrected chi connectivity index (χ2v) is 11.2. The van der Waals surface area contributed by atoms with E-state index in [2.05, 4.69) is 42.5 Å². The maximum atomic E-state index is 12.6. The molecule has 0 unspecified atom stereocenters. The molecule has 0 bridgehead atoms. The van der Waals surface area contributed by atoms with E-state index in [-0.39, 0.29) is 16.6 Å². The molecule has 0 radical (unpaired) electrons. The summed E-state index contributed by atoms with van der Waals surface area (Å²) in [6, 6.07) is 15.8. The molecule has 7 nitrogen and oxygen atoms in total. The Balaban J connectivity index is 1.56. The Kier molecular flexibility index (Phi) is 9.05. The zero-order valence-electron chi connectivity index (χ0n) is 18.5. The molecule has 34 heavy (non-hydrogen) atoms. The van der Waals surface area contributed by atoms with Crippen molar-refractivity contribution in [1.29, 1.82) is 0 Å². The van der Waals surface area contributed by atoms with Gasteiger partial charge in [-0.3, -0.25) is 10.1 Å². The smallest absolute Gasteiger partial charge is 0.264 e. The Morgan fingerprint density at radius 2 is 1.71 bits per heavy atom. The summed E-state index contributed by atoms with van der Waals surface area (Å²) in [4.78, 5) is 12.5. The Hall–Kier alpha value is -2.05. The van der Waals surface area contributed by atoms with Gasteiger partial charge < -0.3 is 10.1 Å². The molecule has 0 aliphatic heterocycles. The first-order chi connectivity index (χ1) is 16.1. The van der Waals surface area contributed by atoms with Crippen LogP contribution in [0.1, 0.15) is 13.8 Å². The van der Waals surface area contributed by atoms with Gasteiger partial charge in [0.25, 0.3) is 5.91 Å². The highest BCUT2D eigenvalue weighted by atomic mass is 79.9. The number of amides is 1. The van der Waals surface area contributed by atoms with E-state index in [9.17, 15) is 13.2 Å². The number of sulfonamides is 1. The number of hydrogen-bond acceptors (Lipinski definition) is 5. The number of thiocarbonyl (C=S) groups is 1. The lowest BCUT2D eigenvalue weighted by atomic mass is 10.1. The van der Waals surface area contributed by atoms with Crippen molar-refractivity contribution in [2.45, 2.75) is 18.7 Å². The first-order valence-corrected chi connectivity index (χ1v) is 13.8. The molecule has 0 aliphatic carbocycles. The molecule has 0 saturated carbocycles. The van der Waals surface area contributed by atoms with Crippen LogP contribution in [0.25, 0.3) is 10.8 Å². The molecule has 11 heteroatoms. The molecule has 0 fully saturated rings. The Bertz CT molecular complexity index is 1310. The minimum Gasteiger partial charge on any atom is -0.483 e. The minimum absolute atomic E-state index is 0.0791. The zero-order valence-corrected chi connectivity index (χ0v) is 23.3. The molecule has 1 amide bonds. The van der Waals surface area contributed by atoms with E-state index in [0.29, 0.717) is 24.5 Å². The molecule has 0 aliphatic rings. The molecule has 3 aromatic rings. The molecular formula is C23H23Br2N3O4S2. The van der Waals surface area contributed by atoms with Crippen molar-refractivity contribution in [3.8, 4) is 5.75 Å². The van der Waals surface area contributed by atoms with E-state index in [1.807, 2.05) is 24.3 Å². The molecule has 0 saturated heterocycles. The van der Waals surface area contributed by atoms with Crippen LogP contribution in [0.5, 0.6) is 5.75 Å². The second kappa shape index (κ2) is 11.6. The highest BCUT2D eigenvalue weighted by Crippen LogP contribution is 2.34. The van der Waals surface area contributed by atoms with Gasteiger partial charge in [-0.05, 0) is 81.4 Å². The van der Waals surface area contributed by atoms with Crippen LogP contribution in [0.4, 0.5) is 5.69 Å². The summed E-state index contributed by atoms with van der Waals surface area (Å²) >= 11 is 12.2. The molecule has 3 aromatic carbocycles. The first-order valence-electron chi connectivity index (χ1n) is 10.4. The second-order valence-electron chi connectivity index (χ2n) is 7.15. The molecule has 2 N–H and O–H groups in total. The SMILES string of the molecule is CCN(CC)S(=O)(=O)c1ccc(NC(=S)NC(=O)COc2ccc3cc(Br)ccc3c2Br)cc1. The molecular weight excluding hydrogens is 606 g/mol. The number of halogens is 2. The van der Waals surface area contributed by atoms with Crippen LogP contribution in [-0.4, -0.2) is 43.4 Å². The quantitative estimate of drug-likeness (QED) is 0.330. The van der Waals surface area contributed by atoms with Gasteiger partial charge in [-0.1, -0.05) is 41.9 Å². The van der Waals surface area contributed by atoms with Crippen LogP contribution >= 0.6 is 44.1 Å². The van der Waals surface area contributed by atoms with Gasteiger partial charge >= 0.3 is 0 Å². The van der Waals surface area contributed by atoms with E-state index in [4.69, 9.17) is 17.0 Å². The van der Waals surface area contributed by atoms with Gasteiger partial charge in [0.05, 0.1) is 9.37 Å². The summed E-state index contributed by atoms with van der Waals surface area (Å²) in [6.45, 7) is 4.14. The van der Waals surface area contributed by atoms with Crippen LogP contribution in [0, 0.1) is 0 Å². The van der Waals surface area contributed by atoms with Crippen molar-refractivity contribution in [2.75, 3.05) is 25.0 Å². The number of carbonyl (C=O) groups is 1. The van der Waals surface area contributed by atoms with Crippen LogP contribution in [0.3, 0.4) is 0 Å². The number of nitrogens with zero attached hydrogens (tertiary/aromatic N) is 1. The summed E-state index contributed by atoms with van der Waals surface area (Å²) < 4.78 is 33.9. The highest BCUT2D eigenvalue weighted by molar-refractivity contribution is 9.11. The molecule has 0 atom stereocenters. The number of fused-ring (bicyclic) bond motifs is 1. The monoisotopic (exact) mass is 627 g/mol. The minimum atomic E-state index is -3.54. The lowest BCUT2D eigenvalue weighted by molar-refractivity contribution is -0.121. The molecule has 180 valence electrons. The summed E-state index contributed by atoms with van der Waals surface area (Å²) in [5.41, 5.74) is 0.549. The van der Waals surface area contributed by atoms with Crippen molar-refractivity contribution in [2.24, 2.45) is 0 Å². The van der Waals surface area contributed by atoms with Gasteiger partial charge in [0, 0.05) is 23.2 Å². The van der Waals surface area contributed by atoms with Crippen molar-refractivity contribution in [3.63, 3.8) is 0 Å². The summed E-state index contributed by atoms with van der Waals surface area (Å²) in [6.07, 6.45) is 0. The van der Waals surface area contributed by atoms with E-state index >= 15 is 0 Å². The first kappa shape index (κ1) is 26.6. The van der Waals surface area contributed by atoms with Crippen molar-refractivity contribution >= 4 is 81.6 Å². The summed E-state index contributed by atoms with van der Waals surface area (Å²) in [5, 5.41) is 7.49. The van der Waals surface area contributed by atoms with Crippen LogP contribution < -0.4 is 15.4 Å². The number of nitrogens with one attached hydrogen (secondary N) is 2. The standard InChI is InChI=1S/C23H23Br2N3O4S2/c1-3-28(4-2)34(30,31)18-9-7-17(8-10-18)26-23(33)27-21(29)14-32-20-12-5-15-13-16(24)6-11-19(15)22(20)25/h5-13H,3-4,14H2,1-2H3,(H2,26,27,29,33). The maximum absolute atomic E-state index is 12.6. The van der Waals surface area contributed by atoms with E-state index in [0.717, 1.165) is 19.7 Å². The zero-order chi connectivity index (χ0) is 24.9. The van der Waals surface area contributed by atoms with Crippen molar-refractivity contribution < 1.29 is 17.9 Å². The fourth-order valence-corrected chi connectivity index (χ4v) is 5.92. The van der Waals surface area contributed by atoms with Gasteiger partial charge in [-0.2, -0.15) is 4.31 Å². The van der Waals surface area contributed by atoms with Crippen LogP contribution in [0.2, 0.25) is 0 Å². The third kappa shape index (κ3) is 6.33. The van der Waals surface area contributed by atoms with Gasteiger partial charge in [0.2, 0.25) is 10.0 Å². The lowest BCUT2D eigenvalue weighted by Crippen LogP contribution is -2.37. The fraction of sp³-hybridized carbons (Fsp3) is 0.217. The van der Waals surface area contributed by atoms with Gasteiger partial charge in [0.15, 0.2) is 11.7 Å². The summed E-state index contributed by atoms with van der Waals surface area (Å²) in [5.74, 6) is 0.106. The third-order valence-electron chi connectivity index (χ3n) is 4.95. The van der Waals surface area contributed by atoms with E-state index in [1.165, 1.54) is 16.4 Å². The largest absolute Gasteiger partial charge is 0.483 e. The average Bonchev–Trinajstić information content (AvgIpc) is 2.79. The maximum Gasteiger partial charge on any atom is 0.264 e. The average molecular weight is 629 g/mol. The number of rotatable bonds is 8. The number of hydrogen-bond donors (Lipinski definition) is 2. The predicted molar refractivity (Wildman–Crippen MR) is 146 cm³/mol. The number of ether oxygens (including phenoxy) is 1. The van der Waals surface area contributed by atoms with Crippen LogP contribution in [0.15, 0.2) is 68.4 Å². The van der Waals surface area contributed by atoms with E-state index in [1.54, 1.807) is 32.0 Å².